The Morgan fingerprint density at radius 1 is 1.30 bits per heavy atom. The van der Waals surface area contributed by atoms with E-state index in [9.17, 15) is 4.79 Å². The lowest BCUT2D eigenvalue weighted by Gasteiger charge is -2.08. The van der Waals surface area contributed by atoms with Gasteiger partial charge < -0.3 is 19.9 Å². The van der Waals surface area contributed by atoms with Crippen LogP contribution < -0.4 is 10.6 Å². The quantitative estimate of drug-likeness (QED) is 0.905. The summed E-state index contributed by atoms with van der Waals surface area (Å²) in [6.45, 7) is 4.90. The number of anilines is 1. The monoisotopic (exact) mass is 316 g/mol. The highest BCUT2D eigenvalue weighted by Gasteiger charge is 2.23. The number of urea groups is 1. The van der Waals surface area contributed by atoms with E-state index >= 15 is 0 Å². The van der Waals surface area contributed by atoms with Crippen LogP contribution in [0.4, 0.5) is 10.5 Å². The molecule has 0 radical (unpaired) electrons. The van der Waals surface area contributed by atoms with E-state index < -0.39 is 0 Å². The summed E-state index contributed by atoms with van der Waals surface area (Å²) in [5, 5.41) is 9.37. The van der Waals surface area contributed by atoms with Gasteiger partial charge >= 0.3 is 6.03 Å². The number of nitrogens with one attached hydrogen (secondary N) is 2. The van der Waals surface area contributed by atoms with Gasteiger partial charge in [-0.25, -0.2) is 4.79 Å². The number of rotatable bonds is 4. The van der Waals surface area contributed by atoms with Gasteiger partial charge in [0.15, 0.2) is 5.82 Å². The Bertz CT molecular complexity index is 672. The minimum Gasteiger partial charge on any atom is -0.368 e. The summed E-state index contributed by atoms with van der Waals surface area (Å²) in [5.41, 5.74) is 2.95. The van der Waals surface area contributed by atoms with Crippen LogP contribution in [0, 0.1) is 13.8 Å². The first-order valence-corrected chi connectivity index (χ1v) is 7.67. The van der Waals surface area contributed by atoms with Crippen LogP contribution in [0.5, 0.6) is 0 Å². The minimum absolute atomic E-state index is 0.111. The van der Waals surface area contributed by atoms with Crippen molar-refractivity contribution in [3.05, 3.63) is 41.0 Å². The van der Waals surface area contributed by atoms with Crippen molar-refractivity contribution < 1.29 is 14.1 Å². The molecule has 2 amide bonds. The van der Waals surface area contributed by atoms with Gasteiger partial charge in [0.25, 0.3) is 5.89 Å². The molecular formula is C16H20N4O3. The Morgan fingerprint density at radius 3 is 2.78 bits per heavy atom. The van der Waals surface area contributed by atoms with Crippen molar-refractivity contribution in [2.45, 2.75) is 39.3 Å². The van der Waals surface area contributed by atoms with Crippen molar-refractivity contribution >= 4 is 11.7 Å². The Balaban J connectivity index is 1.52. The van der Waals surface area contributed by atoms with Crippen LogP contribution in [-0.4, -0.2) is 22.8 Å². The molecule has 2 heterocycles. The summed E-state index contributed by atoms with van der Waals surface area (Å²) in [6.07, 6.45) is 1.78. The fourth-order valence-electron chi connectivity index (χ4n) is 2.62. The van der Waals surface area contributed by atoms with Crippen LogP contribution in [0.1, 0.15) is 41.8 Å². The third-order valence-electron chi connectivity index (χ3n) is 3.58. The van der Waals surface area contributed by atoms with Gasteiger partial charge in [0.2, 0.25) is 0 Å². The van der Waals surface area contributed by atoms with E-state index in [-0.39, 0.29) is 18.7 Å². The molecule has 0 saturated carbocycles. The smallest absolute Gasteiger partial charge is 0.319 e. The summed E-state index contributed by atoms with van der Waals surface area (Å²) in [6, 6.07) is 5.57. The number of carbonyl (C=O) groups is 1. The highest BCUT2D eigenvalue weighted by Crippen LogP contribution is 2.26. The lowest BCUT2D eigenvalue weighted by molar-refractivity contribution is 0.0835. The third kappa shape index (κ3) is 4.07. The summed E-state index contributed by atoms with van der Waals surface area (Å²) in [5.74, 6) is 0.917. The number of benzene rings is 1. The van der Waals surface area contributed by atoms with Gasteiger partial charge in [0.05, 0.1) is 6.54 Å². The van der Waals surface area contributed by atoms with E-state index in [4.69, 9.17) is 9.26 Å². The molecule has 0 aliphatic carbocycles. The van der Waals surface area contributed by atoms with Gasteiger partial charge in [-0.1, -0.05) is 11.2 Å². The Morgan fingerprint density at radius 2 is 2.09 bits per heavy atom. The molecule has 0 unspecified atom stereocenters. The first-order valence-electron chi connectivity index (χ1n) is 7.67. The second-order valence-corrected chi connectivity index (χ2v) is 5.73. The number of hydrogen-bond acceptors (Lipinski definition) is 5. The number of hydrogen-bond donors (Lipinski definition) is 2. The Kier molecular flexibility index (Phi) is 4.57. The van der Waals surface area contributed by atoms with E-state index in [1.807, 2.05) is 26.0 Å². The van der Waals surface area contributed by atoms with Gasteiger partial charge in [-0.2, -0.15) is 4.98 Å². The van der Waals surface area contributed by atoms with Crippen molar-refractivity contribution in [3.63, 3.8) is 0 Å². The molecule has 122 valence electrons. The molecule has 23 heavy (non-hydrogen) atoms. The molecule has 7 nitrogen and oxygen atoms in total. The van der Waals surface area contributed by atoms with Gasteiger partial charge in [-0.15, -0.1) is 0 Å². The minimum atomic E-state index is -0.307. The topological polar surface area (TPSA) is 89.3 Å². The summed E-state index contributed by atoms with van der Waals surface area (Å²) in [4.78, 5) is 16.2. The molecule has 2 N–H and O–H groups in total. The van der Waals surface area contributed by atoms with Crippen LogP contribution in [0.2, 0.25) is 0 Å². The van der Waals surface area contributed by atoms with E-state index in [2.05, 4.69) is 26.8 Å². The highest BCUT2D eigenvalue weighted by molar-refractivity contribution is 5.89. The molecule has 3 rings (SSSR count). The number of aryl methyl sites for hydroxylation is 2. The molecule has 0 bridgehead atoms. The van der Waals surface area contributed by atoms with Gasteiger partial charge in [0, 0.05) is 12.3 Å². The zero-order valence-electron chi connectivity index (χ0n) is 13.3. The fourth-order valence-corrected chi connectivity index (χ4v) is 2.62. The average Bonchev–Trinajstić information content (AvgIpc) is 3.15. The molecule has 1 aromatic heterocycles. The standard InChI is InChI=1S/C16H20N4O3/c1-10-6-11(2)8-12(7-10)18-16(21)17-9-14-19-15(23-20-14)13-4-3-5-22-13/h6-8,13H,3-5,9H2,1-2H3,(H2,17,18,21)/t13-/m0/s1. The second kappa shape index (κ2) is 6.78. The normalized spacial score (nSPS) is 17.2. The summed E-state index contributed by atoms with van der Waals surface area (Å²) in [7, 11) is 0. The zero-order chi connectivity index (χ0) is 16.2. The molecule has 7 heteroatoms. The van der Waals surface area contributed by atoms with Crippen molar-refractivity contribution in [3.8, 4) is 0 Å². The van der Waals surface area contributed by atoms with E-state index in [1.165, 1.54) is 0 Å². The average molecular weight is 316 g/mol. The zero-order valence-corrected chi connectivity index (χ0v) is 13.3. The lowest BCUT2D eigenvalue weighted by Crippen LogP contribution is -2.28. The van der Waals surface area contributed by atoms with Crippen LogP contribution in [-0.2, 0) is 11.3 Å². The predicted molar refractivity (Wildman–Crippen MR) is 84.0 cm³/mol. The molecule has 2 aromatic rings. The Labute approximate surface area is 134 Å². The molecule has 1 saturated heterocycles. The molecular weight excluding hydrogens is 296 g/mol. The predicted octanol–water partition coefficient (Wildman–Crippen LogP) is 2.86. The summed E-state index contributed by atoms with van der Waals surface area (Å²) >= 11 is 0. The molecule has 0 spiro atoms. The molecule has 1 atom stereocenters. The van der Waals surface area contributed by atoms with Crippen LogP contribution in [0.25, 0.3) is 0 Å². The maximum atomic E-state index is 11.9. The Hall–Kier alpha value is -2.41. The number of nitrogens with zero attached hydrogens (tertiary/aromatic N) is 2. The van der Waals surface area contributed by atoms with Crippen LogP contribution in [0.15, 0.2) is 22.7 Å². The molecule has 1 aromatic carbocycles. The number of aromatic nitrogens is 2. The van der Waals surface area contributed by atoms with Gasteiger partial charge in [0.1, 0.15) is 6.10 Å². The number of carbonyl (C=O) groups excluding carboxylic acids is 1. The third-order valence-corrected chi connectivity index (χ3v) is 3.58. The van der Waals surface area contributed by atoms with Crippen molar-refractivity contribution in [1.82, 2.24) is 15.5 Å². The summed E-state index contributed by atoms with van der Waals surface area (Å²) < 4.78 is 10.7. The van der Waals surface area contributed by atoms with E-state index in [0.717, 1.165) is 36.3 Å². The lowest BCUT2D eigenvalue weighted by atomic mass is 10.1. The maximum Gasteiger partial charge on any atom is 0.319 e. The first-order chi connectivity index (χ1) is 11.1. The van der Waals surface area contributed by atoms with E-state index in [0.29, 0.717) is 11.7 Å². The van der Waals surface area contributed by atoms with Gasteiger partial charge in [-0.05, 0) is 49.9 Å². The largest absolute Gasteiger partial charge is 0.368 e. The van der Waals surface area contributed by atoms with Gasteiger partial charge in [-0.3, -0.25) is 0 Å². The molecule has 1 aliphatic heterocycles. The van der Waals surface area contributed by atoms with Crippen molar-refractivity contribution in [2.75, 3.05) is 11.9 Å². The second-order valence-electron chi connectivity index (χ2n) is 5.73. The number of amides is 2. The number of ether oxygens (including phenoxy) is 1. The van der Waals surface area contributed by atoms with Crippen molar-refractivity contribution in [2.24, 2.45) is 0 Å². The maximum absolute atomic E-state index is 11.9. The highest BCUT2D eigenvalue weighted by atomic mass is 16.5. The van der Waals surface area contributed by atoms with E-state index in [1.54, 1.807) is 0 Å². The van der Waals surface area contributed by atoms with Crippen LogP contribution >= 0.6 is 0 Å². The first kappa shape index (κ1) is 15.5. The van der Waals surface area contributed by atoms with Crippen molar-refractivity contribution in [1.29, 1.82) is 0 Å². The SMILES string of the molecule is Cc1cc(C)cc(NC(=O)NCc2noc([C@@H]3CCCO3)n2)c1. The van der Waals surface area contributed by atoms with Crippen LogP contribution in [0.3, 0.4) is 0 Å². The fraction of sp³-hybridized carbons (Fsp3) is 0.438. The molecule has 1 aliphatic rings. The molecule has 1 fully saturated rings.